The molecule has 1 aromatic rings. The van der Waals surface area contributed by atoms with Crippen molar-refractivity contribution in [3.8, 4) is 0 Å². The van der Waals surface area contributed by atoms with E-state index in [1.54, 1.807) is 20.8 Å². The summed E-state index contributed by atoms with van der Waals surface area (Å²) in [7, 11) is 0. The maximum absolute atomic E-state index is 13.1. The van der Waals surface area contributed by atoms with E-state index in [2.05, 4.69) is 5.32 Å². The van der Waals surface area contributed by atoms with Crippen molar-refractivity contribution in [1.82, 2.24) is 5.32 Å². The SMILES string of the molecule is CC(C)(C)OC(=O)NC(CCO)c1ccccc1C(F)(F)F. The van der Waals surface area contributed by atoms with Crippen molar-refractivity contribution in [3.05, 3.63) is 35.4 Å². The summed E-state index contributed by atoms with van der Waals surface area (Å²) in [6.07, 6.45) is -5.42. The quantitative estimate of drug-likeness (QED) is 0.890. The summed E-state index contributed by atoms with van der Waals surface area (Å²) in [4.78, 5) is 11.8. The first kappa shape index (κ1) is 18.3. The molecule has 1 unspecified atom stereocenters. The van der Waals surface area contributed by atoms with Crippen molar-refractivity contribution in [2.24, 2.45) is 0 Å². The number of aliphatic hydroxyl groups excluding tert-OH is 1. The number of carbonyl (C=O) groups is 1. The molecule has 124 valence electrons. The van der Waals surface area contributed by atoms with Crippen LogP contribution in [-0.4, -0.2) is 23.4 Å². The molecule has 1 rings (SSSR count). The molecule has 22 heavy (non-hydrogen) atoms. The smallest absolute Gasteiger partial charge is 0.416 e. The number of hydrogen-bond acceptors (Lipinski definition) is 3. The van der Waals surface area contributed by atoms with Crippen LogP contribution >= 0.6 is 0 Å². The Hall–Kier alpha value is -1.76. The maximum Gasteiger partial charge on any atom is 0.416 e. The Bertz CT molecular complexity index is 509. The lowest BCUT2D eigenvalue weighted by atomic mass is 9.98. The summed E-state index contributed by atoms with van der Waals surface area (Å²) in [6.45, 7) is 4.58. The van der Waals surface area contributed by atoms with Crippen LogP contribution in [0.1, 0.15) is 44.4 Å². The summed E-state index contributed by atoms with van der Waals surface area (Å²) in [5.41, 5.74) is -1.71. The Kier molecular flexibility index (Phi) is 5.82. The molecule has 7 heteroatoms. The van der Waals surface area contributed by atoms with Gasteiger partial charge in [0.25, 0.3) is 0 Å². The number of alkyl carbamates (subject to hydrolysis) is 1. The number of alkyl halides is 3. The lowest BCUT2D eigenvalue weighted by Crippen LogP contribution is -2.36. The highest BCUT2D eigenvalue weighted by atomic mass is 19.4. The number of hydrogen-bond donors (Lipinski definition) is 2. The summed E-state index contributed by atoms with van der Waals surface area (Å²) in [5, 5.41) is 11.4. The number of halogens is 3. The average molecular weight is 319 g/mol. The van der Waals surface area contributed by atoms with Crippen molar-refractivity contribution < 1.29 is 27.8 Å². The molecule has 2 N–H and O–H groups in total. The molecule has 0 aliphatic heterocycles. The van der Waals surface area contributed by atoms with E-state index in [0.717, 1.165) is 6.07 Å². The number of amides is 1. The maximum atomic E-state index is 13.1. The molecule has 0 bridgehead atoms. The van der Waals surface area contributed by atoms with Gasteiger partial charge < -0.3 is 15.2 Å². The van der Waals surface area contributed by atoms with Crippen molar-refractivity contribution in [1.29, 1.82) is 0 Å². The summed E-state index contributed by atoms with van der Waals surface area (Å²) >= 11 is 0. The predicted molar refractivity (Wildman–Crippen MR) is 75.3 cm³/mol. The van der Waals surface area contributed by atoms with Gasteiger partial charge in [0.15, 0.2) is 0 Å². The van der Waals surface area contributed by atoms with E-state index in [0.29, 0.717) is 0 Å². The van der Waals surface area contributed by atoms with Crippen molar-refractivity contribution in [2.45, 2.75) is 45.0 Å². The van der Waals surface area contributed by atoms with Crippen LogP contribution < -0.4 is 5.32 Å². The fraction of sp³-hybridized carbons (Fsp3) is 0.533. The third kappa shape index (κ3) is 5.55. The number of ether oxygens (including phenoxy) is 1. The monoisotopic (exact) mass is 319 g/mol. The van der Waals surface area contributed by atoms with Gasteiger partial charge in [0.1, 0.15) is 5.60 Å². The number of aliphatic hydroxyl groups is 1. The van der Waals surface area contributed by atoms with E-state index in [1.165, 1.54) is 18.2 Å². The van der Waals surface area contributed by atoms with E-state index in [-0.39, 0.29) is 18.6 Å². The molecule has 0 aromatic heterocycles. The fourth-order valence-corrected chi connectivity index (χ4v) is 1.94. The van der Waals surface area contributed by atoms with Gasteiger partial charge in [0.2, 0.25) is 0 Å². The molecule has 1 atom stereocenters. The third-order valence-corrected chi connectivity index (χ3v) is 2.75. The standard InChI is InChI=1S/C15H20F3NO3/c1-14(2,3)22-13(21)19-12(8-9-20)10-6-4-5-7-11(10)15(16,17)18/h4-7,12,20H,8-9H2,1-3H3,(H,19,21). The molecule has 0 saturated carbocycles. The van der Waals surface area contributed by atoms with Gasteiger partial charge >= 0.3 is 12.3 Å². The van der Waals surface area contributed by atoms with Crippen LogP contribution in [-0.2, 0) is 10.9 Å². The zero-order chi connectivity index (χ0) is 17.0. The number of nitrogens with one attached hydrogen (secondary N) is 1. The molecule has 1 amide bonds. The van der Waals surface area contributed by atoms with Crippen LogP contribution in [0.15, 0.2) is 24.3 Å². The van der Waals surface area contributed by atoms with Gasteiger partial charge in [-0.3, -0.25) is 0 Å². The minimum atomic E-state index is -4.54. The molecule has 4 nitrogen and oxygen atoms in total. The second-order valence-electron chi connectivity index (χ2n) is 5.80. The van der Waals surface area contributed by atoms with Crippen LogP contribution in [0.25, 0.3) is 0 Å². The van der Waals surface area contributed by atoms with Gasteiger partial charge in [-0.2, -0.15) is 13.2 Å². The zero-order valence-electron chi connectivity index (χ0n) is 12.7. The van der Waals surface area contributed by atoms with E-state index in [9.17, 15) is 18.0 Å². The van der Waals surface area contributed by atoms with Crippen LogP contribution in [0.2, 0.25) is 0 Å². The Balaban J connectivity index is 3.04. The number of benzene rings is 1. The van der Waals surface area contributed by atoms with E-state index in [1.807, 2.05) is 0 Å². The fourth-order valence-electron chi connectivity index (χ4n) is 1.94. The van der Waals surface area contributed by atoms with Crippen molar-refractivity contribution in [2.75, 3.05) is 6.61 Å². The zero-order valence-corrected chi connectivity index (χ0v) is 12.7. The molecular formula is C15H20F3NO3. The van der Waals surface area contributed by atoms with E-state index >= 15 is 0 Å². The highest BCUT2D eigenvalue weighted by molar-refractivity contribution is 5.68. The Morgan fingerprint density at radius 1 is 1.27 bits per heavy atom. The van der Waals surface area contributed by atoms with Crippen LogP contribution in [0.3, 0.4) is 0 Å². The molecule has 0 aliphatic rings. The van der Waals surface area contributed by atoms with Crippen LogP contribution in [0, 0.1) is 0 Å². The summed E-state index contributed by atoms with van der Waals surface area (Å²) < 4.78 is 44.2. The van der Waals surface area contributed by atoms with Crippen molar-refractivity contribution >= 4 is 6.09 Å². The number of carbonyl (C=O) groups excluding carboxylic acids is 1. The molecule has 0 heterocycles. The molecule has 0 aliphatic carbocycles. The topological polar surface area (TPSA) is 58.6 Å². The van der Waals surface area contributed by atoms with Gasteiger partial charge in [-0.05, 0) is 38.8 Å². The first-order chi connectivity index (χ1) is 10.0. The van der Waals surface area contributed by atoms with Gasteiger partial charge in [-0.25, -0.2) is 4.79 Å². The lowest BCUT2D eigenvalue weighted by Gasteiger charge is -2.25. The summed E-state index contributed by atoms with van der Waals surface area (Å²) in [6, 6.07) is 3.95. The second-order valence-corrected chi connectivity index (χ2v) is 5.80. The van der Waals surface area contributed by atoms with Crippen LogP contribution in [0.5, 0.6) is 0 Å². The van der Waals surface area contributed by atoms with Crippen molar-refractivity contribution in [3.63, 3.8) is 0 Å². The minimum absolute atomic E-state index is 0.0493. The Labute approximate surface area is 127 Å². The Morgan fingerprint density at radius 2 is 1.86 bits per heavy atom. The van der Waals surface area contributed by atoms with Gasteiger partial charge in [-0.1, -0.05) is 18.2 Å². The average Bonchev–Trinajstić information content (AvgIpc) is 2.35. The third-order valence-electron chi connectivity index (χ3n) is 2.75. The highest BCUT2D eigenvalue weighted by Crippen LogP contribution is 2.35. The molecule has 0 saturated heterocycles. The second kappa shape index (κ2) is 7.00. The number of rotatable bonds is 4. The Morgan fingerprint density at radius 3 is 2.36 bits per heavy atom. The highest BCUT2D eigenvalue weighted by Gasteiger charge is 2.35. The minimum Gasteiger partial charge on any atom is -0.444 e. The van der Waals surface area contributed by atoms with Gasteiger partial charge in [0, 0.05) is 6.61 Å². The molecule has 0 radical (unpaired) electrons. The first-order valence-corrected chi connectivity index (χ1v) is 6.81. The van der Waals surface area contributed by atoms with Gasteiger partial charge in [-0.15, -0.1) is 0 Å². The normalized spacial score (nSPS) is 13.6. The summed E-state index contributed by atoms with van der Waals surface area (Å²) in [5.74, 6) is 0. The van der Waals surface area contributed by atoms with E-state index < -0.39 is 29.5 Å². The molecular weight excluding hydrogens is 299 g/mol. The molecule has 0 spiro atoms. The van der Waals surface area contributed by atoms with Gasteiger partial charge in [0.05, 0.1) is 11.6 Å². The first-order valence-electron chi connectivity index (χ1n) is 6.81. The molecule has 1 aromatic carbocycles. The predicted octanol–water partition coefficient (Wildman–Crippen LogP) is 3.65. The molecule has 0 fully saturated rings. The van der Waals surface area contributed by atoms with E-state index in [4.69, 9.17) is 9.84 Å². The largest absolute Gasteiger partial charge is 0.444 e. The van der Waals surface area contributed by atoms with Crippen LogP contribution in [0.4, 0.5) is 18.0 Å². The lowest BCUT2D eigenvalue weighted by molar-refractivity contribution is -0.138.